The van der Waals surface area contributed by atoms with Gasteiger partial charge in [0.1, 0.15) is 0 Å². The van der Waals surface area contributed by atoms with E-state index < -0.39 is 0 Å². The summed E-state index contributed by atoms with van der Waals surface area (Å²) in [4.78, 5) is 0. The van der Waals surface area contributed by atoms with Crippen molar-refractivity contribution >= 4 is 12.4 Å². The summed E-state index contributed by atoms with van der Waals surface area (Å²) in [6.45, 7) is 11.0. The summed E-state index contributed by atoms with van der Waals surface area (Å²) in [6, 6.07) is 0. The van der Waals surface area contributed by atoms with Crippen molar-refractivity contribution in [1.29, 1.82) is 0 Å². The van der Waals surface area contributed by atoms with Crippen LogP contribution in [-0.2, 0) is 20.1 Å². The standard InChI is InChI=1S/C10H15.ClH.Ir/c1-6-7(2)9(4)10(5)8(6)3;;/h1-5H3;1H;/q-1;;. The Balaban J connectivity index is 0. The van der Waals surface area contributed by atoms with Crippen molar-refractivity contribution in [3.8, 4) is 0 Å². The van der Waals surface area contributed by atoms with Gasteiger partial charge in [0.2, 0.25) is 0 Å². The third-order valence-corrected chi connectivity index (χ3v) is 2.81. The molecular weight excluding hydrogens is 348 g/mol. The third-order valence-electron chi connectivity index (χ3n) is 2.81. The first kappa shape index (κ1) is 14.8. The molecule has 12 heavy (non-hydrogen) atoms. The van der Waals surface area contributed by atoms with Crippen LogP contribution in [0.15, 0.2) is 0 Å². The van der Waals surface area contributed by atoms with Gasteiger partial charge >= 0.3 is 0 Å². The van der Waals surface area contributed by atoms with Crippen molar-refractivity contribution < 1.29 is 20.1 Å². The molecule has 0 unspecified atom stereocenters. The maximum absolute atomic E-state index is 2.20. The summed E-state index contributed by atoms with van der Waals surface area (Å²) in [7, 11) is 0. The van der Waals surface area contributed by atoms with E-state index in [1.807, 2.05) is 0 Å². The van der Waals surface area contributed by atoms with E-state index in [9.17, 15) is 0 Å². The molecule has 0 aromatic heterocycles. The van der Waals surface area contributed by atoms with Gasteiger partial charge in [-0.15, -0.1) is 12.4 Å². The van der Waals surface area contributed by atoms with Gasteiger partial charge in [0.25, 0.3) is 0 Å². The molecule has 1 aromatic rings. The molecule has 0 aliphatic carbocycles. The Morgan fingerprint density at radius 1 is 0.833 bits per heavy atom. The largest absolute Gasteiger partial charge is 0.196 e. The minimum absolute atomic E-state index is 0. The summed E-state index contributed by atoms with van der Waals surface area (Å²) < 4.78 is 0. The van der Waals surface area contributed by atoms with Gasteiger partial charge in [-0.2, -0.15) is 27.8 Å². The molecule has 0 bridgehead atoms. The molecule has 1 aromatic carbocycles. The van der Waals surface area contributed by atoms with Crippen LogP contribution in [0.25, 0.3) is 0 Å². The van der Waals surface area contributed by atoms with Gasteiger partial charge in [0.15, 0.2) is 0 Å². The van der Waals surface area contributed by atoms with E-state index in [0.29, 0.717) is 0 Å². The first-order chi connectivity index (χ1) is 4.55. The molecule has 0 heterocycles. The topological polar surface area (TPSA) is 0 Å². The summed E-state index contributed by atoms with van der Waals surface area (Å²) in [6.07, 6.45) is 0. The summed E-state index contributed by atoms with van der Waals surface area (Å²) >= 11 is 0. The minimum atomic E-state index is 0. The van der Waals surface area contributed by atoms with E-state index >= 15 is 0 Å². The molecule has 0 nitrogen and oxygen atoms in total. The molecule has 0 N–H and O–H groups in total. The van der Waals surface area contributed by atoms with Crippen molar-refractivity contribution in [2.24, 2.45) is 0 Å². The summed E-state index contributed by atoms with van der Waals surface area (Å²) in [5.74, 6) is 0. The Hall–Kier alpha value is 0.289. The van der Waals surface area contributed by atoms with E-state index in [2.05, 4.69) is 34.6 Å². The molecule has 0 amide bonds. The smallest absolute Gasteiger partial charge is 0 e. The fourth-order valence-corrected chi connectivity index (χ4v) is 1.41. The molecule has 0 spiro atoms. The van der Waals surface area contributed by atoms with Gasteiger partial charge in [-0.05, 0) is 0 Å². The van der Waals surface area contributed by atoms with Crippen LogP contribution in [0.3, 0.4) is 0 Å². The van der Waals surface area contributed by atoms with Crippen LogP contribution in [0.2, 0.25) is 0 Å². The zero-order valence-electron chi connectivity index (χ0n) is 8.24. The molecule has 0 aliphatic rings. The first-order valence-corrected chi connectivity index (χ1v) is 3.75. The number of hydrogen-bond donors (Lipinski definition) is 0. The maximum Gasteiger partial charge on any atom is 0 e. The van der Waals surface area contributed by atoms with Crippen LogP contribution in [0.4, 0.5) is 0 Å². The van der Waals surface area contributed by atoms with Gasteiger partial charge in [0.05, 0.1) is 0 Å². The van der Waals surface area contributed by atoms with Crippen LogP contribution >= 0.6 is 12.4 Å². The van der Waals surface area contributed by atoms with Crippen LogP contribution in [0, 0.1) is 34.6 Å². The van der Waals surface area contributed by atoms with Gasteiger partial charge in [-0.3, -0.25) is 0 Å². The number of halogens is 1. The Kier molecular flexibility index (Phi) is 6.30. The Morgan fingerprint density at radius 2 is 1.08 bits per heavy atom. The molecule has 0 aliphatic heterocycles. The van der Waals surface area contributed by atoms with Gasteiger partial charge < -0.3 is 0 Å². The quantitative estimate of drug-likeness (QED) is 0.620. The fraction of sp³-hybridized carbons (Fsp3) is 0.500. The number of rotatable bonds is 0. The number of hydrogen-bond acceptors (Lipinski definition) is 0. The van der Waals surface area contributed by atoms with Gasteiger partial charge in [-0.25, -0.2) is 0 Å². The van der Waals surface area contributed by atoms with Crippen molar-refractivity contribution in [2.75, 3.05) is 0 Å². The zero-order chi connectivity index (χ0) is 7.89. The first-order valence-electron chi connectivity index (χ1n) is 3.75. The van der Waals surface area contributed by atoms with Gasteiger partial charge in [0, 0.05) is 20.1 Å². The van der Waals surface area contributed by atoms with Crippen molar-refractivity contribution in [2.45, 2.75) is 34.6 Å². The second-order valence-electron chi connectivity index (χ2n) is 3.12. The third kappa shape index (κ3) is 2.16. The summed E-state index contributed by atoms with van der Waals surface area (Å²) in [5, 5.41) is 0. The second-order valence-corrected chi connectivity index (χ2v) is 3.12. The predicted molar refractivity (Wildman–Crippen MR) is 53.0 cm³/mol. The van der Waals surface area contributed by atoms with E-state index in [1.54, 1.807) is 0 Å². The molecule has 2 heteroatoms. The van der Waals surface area contributed by atoms with Crippen LogP contribution in [-0.4, -0.2) is 0 Å². The van der Waals surface area contributed by atoms with Crippen molar-refractivity contribution in [3.63, 3.8) is 0 Å². The van der Waals surface area contributed by atoms with E-state index in [4.69, 9.17) is 0 Å². The van der Waals surface area contributed by atoms with E-state index in [0.717, 1.165) is 0 Å². The average Bonchev–Trinajstić information content (AvgIpc) is 2.07. The molecule has 1 radical (unpaired) electrons. The zero-order valence-corrected chi connectivity index (χ0v) is 11.5. The second kappa shape index (κ2) is 5.11. The summed E-state index contributed by atoms with van der Waals surface area (Å²) in [5.41, 5.74) is 7.34. The molecule has 0 atom stereocenters. The maximum atomic E-state index is 2.20. The van der Waals surface area contributed by atoms with Crippen molar-refractivity contribution in [3.05, 3.63) is 27.8 Å². The molecule has 73 valence electrons. The van der Waals surface area contributed by atoms with Crippen LogP contribution in [0.1, 0.15) is 27.8 Å². The van der Waals surface area contributed by atoms with E-state index in [-0.39, 0.29) is 32.5 Å². The monoisotopic (exact) mass is 364 g/mol. The SMILES string of the molecule is Cc1c(C)c(C)[c-](C)c1C.Cl.[Ir]. The van der Waals surface area contributed by atoms with Crippen LogP contribution in [0.5, 0.6) is 0 Å². The molecular formula is C10H16ClIr-. The predicted octanol–water partition coefficient (Wildman–Crippen LogP) is 3.37. The molecule has 0 saturated carbocycles. The van der Waals surface area contributed by atoms with Crippen LogP contribution < -0.4 is 0 Å². The van der Waals surface area contributed by atoms with E-state index in [1.165, 1.54) is 27.8 Å². The Morgan fingerprint density at radius 3 is 1.17 bits per heavy atom. The van der Waals surface area contributed by atoms with Crippen molar-refractivity contribution in [1.82, 2.24) is 0 Å². The minimum Gasteiger partial charge on any atom is -0.196 e. The Bertz CT molecular complexity index is 181. The molecule has 0 fully saturated rings. The average molecular weight is 364 g/mol. The normalized spacial score (nSPS) is 8.75. The fourth-order valence-electron chi connectivity index (χ4n) is 1.41. The Labute approximate surface area is 94.9 Å². The molecule has 1 rings (SSSR count). The molecule has 0 saturated heterocycles. The van der Waals surface area contributed by atoms with Gasteiger partial charge in [-0.1, -0.05) is 34.6 Å².